The van der Waals surface area contributed by atoms with E-state index in [4.69, 9.17) is 30.0 Å². The Morgan fingerprint density at radius 1 is 1.00 bits per heavy atom. The Morgan fingerprint density at radius 2 is 1.09 bits per heavy atom. The van der Waals surface area contributed by atoms with Gasteiger partial charge in [-0.3, -0.25) is 0 Å². The summed E-state index contributed by atoms with van der Waals surface area (Å²) in [6, 6.07) is 0. The summed E-state index contributed by atoms with van der Waals surface area (Å²) in [5.74, 6) is -2.88. The van der Waals surface area contributed by atoms with Gasteiger partial charge in [-0.25, -0.2) is 0 Å². The third-order valence-electron chi connectivity index (χ3n) is 0.258. The molecule has 0 radical (unpaired) electrons. The van der Waals surface area contributed by atoms with Gasteiger partial charge in [0.15, 0.2) is 0 Å². The van der Waals surface area contributed by atoms with E-state index in [2.05, 4.69) is 0 Å². The summed E-state index contributed by atoms with van der Waals surface area (Å²) in [6.07, 6.45) is 0. The Kier molecular flexibility index (Phi) is 18.8. The van der Waals surface area contributed by atoms with Crippen molar-refractivity contribution in [2.75, 3.05) is 13.2 Å². The number of carboxylic acids is 2. The van der Waals surface area contributed by atoms with Crippen LogP contribution in [0.1, 0.15) is 0 Å². The predicted molar refractivity (Wildman–Crippen MR) is 24.2 cm³/mol. The molecule has 0 rings (SSSR count). The van der Waals surface area contributed by atoms with E-state index in [0.717, 1.165) is 0 Å². The fourth-order valence-electron chi connectivity index (χ4n) is 0. The Labute approximate surface area is 76.7 Å². The maximum absolute atomic E-state index is 9.01. The molecule has 11 heavy (non-hydrogen) atoms. The topological polar surface area (TPSA) is 121 Å². The van der Waals surface area contributed by atoms with Gasteiger partial charge in [0.05, 0.1) is 25.2 Å². The molecule has 7 heteroatoms. The molecule has 0 saturated carbocycles. The van der Waals surface area contributed by atoms with Crippen LogP contribution in [-0.4, -0.2) is 35.4 Å². The number of hydrogen-bond donors (Lipinski definition) is 2. The number of aliphatic hydroxyl groups is 2. The molecule has 0 fully saturated rings. The summed E-state index contributed by atoms with van der Waals surface area (Å²) < 4.78 is 0. The molecular formula is C4H6O6Pt. The van der Waals surface area contributed by atoms with E-state index in [1.165, 1.54) is 0 Å². The van der Waals surface area contributed by atoms with Crippen molar-refractivity contribution in [1.82, 2.24) is 0 Å². The van der Waals surface area contributed by atoms with E-state index in [1.54, 1.807) is 0 Å². The molecule has 2 N–H and O–H groups in total. The number of aliphatic carboxylic acids is 2. The van der Waals surface area contributed by atoms with Crippen LogP contribution in [-0.2, 0) is 30.7 Å². The molecular weight excluding hydrogens is 339 g/mol. The van der Waals surface area contributed by atoms with Gasteiger partial charge in [0.2, 0.25) is 0 Å². The smallest absolute Gasteiger partial charge is 0.548 e. The number of carboxylic acid groups (broad SMARTS) is 2. The number of aliphatic hydroxyl groups excluding tert-OH is 2. The minimum Gasteiger partial charge on any atom is -0.548 e. The third kappa shape index (κ3) is 43.2. The minimum absolute atomic E-state index is 0. The van der Waals surface area contributed by atoms with Crippen molar-refractivity contribution < 1.29 is 51.1 Å². The number of carbonyl (C=O) groups is 2. The predicted octanol–water partition coefficient (Wildman–Crippen LogP) is -4.55. The molecule has 6 nitrogen and oxygen atoms in total. The Morgan fingerprint density at radius 3 is 1.09 bits per heavy atom. The standard InChI is InChI=1S/2C2H4O3.Pt/c2*3-1-2(4)5;/h2*3H,1H2,(H,4,5);/q;;+2/p-2. The van der Waals surface area contributed by atoms with Gasteiger partial charge in [0.25, 0.3) is 0 Å². The molecule has 0 aliphatic heterocycles. The van der Waals surface area contributed by atoms with Gasteiger partial charge >= 0.3 is 21.1 Å². The van der Waals surface area contributed by atoms with Crippen LogP contribution >= 0.6 is 0 Å². The van der Waals surface area contributed by atoms with Crippen molar-refractivity contribution in [2.24, 2.45) is 0 Å². The normalized spacial score (nSPS) is 6.73. The van der Waals surface area contributed by atoms with Gasteiger partial charge in [-0.2, -0.15) is 0 Å². The first-order valence-corrected chi connectivity index (χ1v) is 2.16. The molecule has 0 saturated heterocycles. The first-order valence-electron chi connectivity index (χ1n) is 2.16. The summed E-state index contributed by atoms with van der Waals surface area (Å²) in [4.78, 5) is 18.0. The molecule has 0 aromatic carbocycles. The molecule has 0 atom stereocenters. The molecule has 0 aromatic heterocycles. The first-order chi connectivity index (χ1) is 4.54. The first kappa shape index (κ1) is 16.9. The van der Waals surface area contributed by atoms with Crippen molar-refractivity contribution >= 4 is 11.9 Å². The summed E-state index contributed by atoms with van der Waals surface area (Å²) in [7, 11) is 0. The molecule has 0 spiro atoms. The molecule has 0 amide bonds. The van der Waals surface area contributed by atoms with Gasteiger partial charge in [-0.1, -0.05) is 0 Å². The van der Waals surface area contributed by atoms with Crippen LogP contribution in [0.3, 0.4) is 0 Å². The largest absolute Gasteiger partial charge is 2.00 e. The SMILES string of the molecule is O=C([O-])CO.O=C([O-])CO.[Pt+2]. The molecule has 0 heterocycles. The maximum atomic E-state index is 9.01. The average Bonchev–Trinajstić information content (AvgIpc) is 1.89. The zero-order valence-electron chi connectivity index (χ0n) is 5.26. The van der Waals surface area contributed by atoms with Crippen LogP contribution < -0.4 is 10.2 Å². The second-order valence-corrected chi connectivity index (χ2v) is 1.06. The average molecular weight is 345 g/mol. The minimum atomic E-state index is -1.44. The van der Waals surface area contributed by atoms with Gasteiger partial charge in [-0.15, -0.1) is 0 Å². The maximum Gasteiger partial charge on any atom is 2.00 e. The van der Waals surface area contributed by atoms with Gasteiger partial charge < -0.3 is 30.0 Å². The summed E-state index contributed by atoms with van der Waals surface area (Å²) in [6.45, 7) is -1.78. The molecule has 0 bridgehead atoms. The molecule has 68 valence electrons. The molecule has 0 unspecified atom stereocenters. The van der Waals surface area contributed by atoms with E-state index >= 15 is 0 Å². The summed E-state index contributed by atoms with van der Waals surface area (Å²) in [5.41, 5.74) is 0. The van der Waals surface area contributed by atoms with Crippen molar-refractivity contribution in [3.05, 3.63) is 0 Å². The fourth-order valence-corrected chi connectivity index (χ4v) is 0. The van der Waals surface area contributed by atoms with Gasteiger partial charge in [0, 0.05) is 0 Å². The van der Waals surface area contributed by atoms with E-state index in [9.17, 15) is 0 Å². The summed E-state index contributed by atoms with van der Waals surface area (Å²) >= 11 is 0. The number of carbonyl (C=O) groups excluding carboxylic acids is 2. The number of rotatable bonds is 2. The quantitative estimate of drug-likeness (QED) is 0.520. The van der Waals surface area contributed by atoms with Gasteiger partial charge in [0.1, 0.15) is 0 Å². The molecule has 0 aliphatic carbocycles. The van der Waals surface area contributed by atoms with Crippen molar-refractivity contribution in [3.8, 4) is 0 Å². The van der Waals surface area contributed by atoms with E-state index < -0.39 is 25.2 Å². The van der Waals surface area contributed by atoms with Gasteiger partial charge in [-0.05, 0) is 0 Å². The zero-order chi connectivity index (χ0) is 8.57. The van der Waals surface area contributed by atoms with Crippen LogP contribution in [0.2, 0.25) is 0 Å². The monoisotopic (exact) mass is 345 g/mol. The van der Waals surface area contributed by atoms with Crippen LogP contribution in [0, 0.1) is 0 Å². The van der Waals surface area contributed by atoms with E-state index in [1.807, 2.05) is 0 Å². The Hall–Kier alpha value is -0.452. The Bertz CT molecular complexity index is 99.1. The van der Waals surface area contributed by atoms with E-state index in [-0.39, 0.29) is 21.1 Å². The van der Waals surface area contributed by atoms with Crippen molar-refractivity contribution in [2.45, 2.75) is 0 Å². The summed E-state index contributed by atoms with van der Waals surface area (Å²) in [5, 5.41) is 33.0. The zero-order valence-corrected chi connectivity index (χ0v) is 7.53. The third-order valence-corrected chi connectivity index (χ3v) is 0.258. The second kappa shape index (κ2) is 12.2. The van der Waals surface area contributed by atoms with Crippen molar-refractivity contribution in [1.29, 1.82) is 0 Å². The van der Waals surface area contributed by atoms with Crippen LogP contribution in [0.4, 0.5) is 0 Å². The second-order valence-electron chi connectivity index (χ2n) is 1.06. The molecule has 0 aromatic rings. The van der Waals surface area contributed by atoms with Crippen molar-refractivity contribution in [3.63, 3.8) is 0 Å². The van der Waals surface area contributed by atoms with Crippen LogP contribution in [0.25, 0.3) is 0 Å². The van der Waals surface area contributed by atoms with Crippen LogP contribution in [0.15, 0.2) is 0 Å². The molecule has 0 aliphatic rings. The van der Waals surface area contributed by atoms with E-state index in [0.29, 0.717) is 0 Å². The fraction of sp³-hybridized carbons (Fsp3) is 0.500. The number of hydrogen-bond acceptors (Lipinski definition) is 6. The van der Waals surface area contributed by atoms with Crippen LogP contribution in [0.5, 0.6) is 0 Å². The Balaban J connectivity index is -0.000000107.